The van der Waals surface area contributed by atoms with Crippen molar-refractivity contribution < 1.29 is 0 Å². The van der Waals surface area contributed by atoms with E-state index in [9.17, 15) is 0 Å². The van der Waals surface area contributed by atoms with Gasteiger partial charge in [-0.25, -0.2) is 15.0 Å². The van der Waals surface area contributed by atoms with E-state index in [1.54, 1.807) is 6.33 Å². The van der Waals surface area contributed by atoms with Gasteiger partial charge in [-0.15, -0.1) is 0 Å². The first-order valence-electron chi connectivity index (χ1n) is 6.30. The quantitative estimate of drug-likeness (QED) is 0.870. The van der Waals surface area contributed by atoms with E-state index in [0.717, 1.165) is 35.9 Å². The summed E-state index contributed by atoms with van der Waals surface area (Å²) in [4.78, 5) is 13.4. The molecule has 0 amide bonds. The molecule has 0 bridgehead atoms. The van der Waals surface area contributed by atoms with E-state index in [-0.39, 0.29) is 0 Å². The van der Waals surface area contributed by atoms with E-state index in [1.165, 1.54) is 6.42 Å². The maximum Gasteiger partial charge on any atom is 0.146 e. The monoisotopic (exact) mass is 243 g/mol. The number of hydrogen-bond acceptors (Lipinski definition) is 4. The van der Waals surface area contributed by atoms with Gasteiger partial charge in [-0.05, 0) is 32.4 Å². The predicted octanol–water partition coefficient (Wildman–Crippen LogP) is 1.61. The minimum absolute atomic E-state index is 0.303. The van der Waals surface area contributed by atoms with Crippen LogP contribution in [0.15, 0.2) is 18.6 Å². The molecule has 0 radical (unpaired) electrons. The first kappa shape index (κ1) is 11.3. The molecule has 1 saturated heterocycles. The van der Waals surface area contributed by atoms with Crippen molar-refractivity contribution in [3.8, 4) is 11.4 Å². The van der Waals surface area contributed by atoms with E-state index in [2.05, 4.69) is 20.3 Å². The van der Waals surface area contributed by atoms with Crippen LogP contribution >= 0.6 is 0 Å². The molecule has 5 nitrogen and oxygen atoms in total. The van der Waals surface area contributed by atoms with Crippen LogP contribution in [0.5, 0.6) is 0 Å². The fourth-order valence-corrected chi connectivity index (χ4v) is 2.39. The van der Waals surface area contributed by atoms with Gasteiger partial charge < -0.3 is 9.88 Å². The van der Waals surface area contributed by atoms with Crippen molar-refractivity contribution >= 4 is 0 Å². The Kier molecular flexibility index (Phi) is 2.83. The van der Waals surface area contributed by atoms with Crippen molar-refractivity contribution in [1.82, 2.24) is 24.8 Å². The van der Waals surface area contributed by atoms with Gasteiger partial charge in [-0.1, -0.05) is 0 Å². The molecule has 5 heteroatoms. The summed E-state index contributed by atoms with van der Waals surface area (Å²) in [5.74, 6) is 0.906. The van der Waals surface area contributed by atoms with Crippen molar-refractivity contribution in [2.75, 3.05) is 6.54 Å². The number of aromatic nitrogens is 4. The van der Waals surface area contributed by atoms with Gasteiger partial charge in [-0.2, -0.15) is 0 Å². The van der Waals surface area contributed by atoms with Crippen LogP contribution in [-0.2, 0) is 7.05 Å². The molecule has 0 aliphatic carbocycles. The van der Waals surface area contributed by atoms with Gasteiger partial charge in [0.1, 0.15) is 5.82 Å². The van der Waals surface area contributed by atoms with Crippen LogP contribution < -0.4 is 5.32 Å². The van der Waals surface area contributed by atoms with Gasteiger partial charge in [-0.3, -0.25) is 0 Å². The van der Waals surface area contributed by atoms with E-state index in [4.69, 9.17) is 0 Å². The molecule has 0 aromatic carbocycles. The van der Waals surface area contributed by atoms with Gasteiger partial charge in [0.15, 0.2) is 0 Å². The molecular weight excluding hydrogens is 226 g/mol. The van der Waals surface area contributed by atoms with Crippen LogP contribution in [0.4, 0.5) is 0 Å². The molecule has 94 valence electrons. The molecule has 1 aliphatic rings. The zero-order valence-electron chi connectivity index (χ0n) is 10.7. The SMILES string of the molecule is Cc1cc(-c2cncn2C)nc([C@@H]2CCCN2)n1. The molecule has 1 aliphatic heterocycles. The molecule has 1 atom stereocenters. The maximum absolute atomic E-state index is 4.68. The Morgan fingerprint density at radius 3 is 2.94 bits per heavy atom. The number of rotatable bonds is 2. The van der Waals surface area contributed by atoms with Crippen molar-refractivity contribution in [3.05, 3.63) is 30.1 Å². The normalized spacial score (nSPS) is 19.3. The summed E-state index contributed by atoms with van der Waals surface area (Å²) in [5, 5.41) is 3.44. The highest BCUT2D eigenvalue weighted by Gasteiger charge is 2.20. The van der Waals surface area contributed by atoms with E-state index >= 15 is 0 Å². The number of nitrogens with one attached hydrogen (secondary N) is 1. The topological polar surface area (TPSA) is 55.6 Å². The fourth-order valence-electron chi connectivity index (χ4n) is 2.39. The summed E-state index contributed by atoms with van der Waals surface area (Å²) >= 11 is 0. The summed E-state index contributed by atoms with van der Waals surface area (Å²) in [6.45, 7) is 3.07. The zero-order chi connectivity index (χ0) is 12.5. The van der Waals surface area contributed by atoms with Crippen molar-refractivity contribution in [2.45, 2.75) is 25.8 Å². The second-order valence-electron chi connectivity index (χ2n) is 4.79. The third kappa shape index (κ3) is 2.01. The standard InChI is InChI=1S/C13H17N5/c1-9-6-11(12-7-14-8-18(12)2)17-13(16-9)10-4-3-5-15-10/h6-8,10,15H,3-5H2,1-2H3/t10-/m0/s1. The van der Waals surface area contributed by atoms with Crippen LogP contribution in [0.2, 0.25) is 0 Å². The first-order valence-corrected chi connectivity index (χ1v) is 6.30. The summed E-state index contributed by atoms with van der Waals surface area (Å²) in [6.07, 6.45) is 5.95. The van der Waals surface area contributed by atoms with E-state index in [0.29, 0.717) is 6.04 Å². The van der Waals surface area contributed by atoms with Crippen LogP contribution in [0.1, 0.15) is 30.4 Å². The highest BCUT2D eigenvalue weighted by molar-refractivity contribution is 5.54. The maximum atomic E-state index is 4.68. The fraction of sp³-hybridized carbons (Fsp3) is 0.462. The molecule has 1 N–H and O–H groups in total. The molecule has 0 saturated carbocycles. The minimum atomic E-state index is 0.303. The Bertz CT molecular complexity index is 554. The summed E-state index contributed by atoms with van der Waals surface area (Å²) in [6, 6.07) is 2.31. The lowest BCUT2D eigenvalue weighted by Gasteiger charge is -2.11. The van der Waals surface area contributed by atoms with Gasteiger partial charge in [0.05, 0.1) is 30.0 Å². The second kappa shape index (κ2) is 4.49. The Labute approximate surface area is 106 Å². The lowest BCUT2D eigenvalue weighted by molar-refractivity contribution is 0.603. The Balaban J connectivity index is 2.03. The molecular formula is C13H17N5. The molecule has 18 heavy (non-hydrogen) atoms. The number of imidazole rings is 1. The molecule has 3 rings (SSSR count). The molecule has 0 spiro atoms. The predicted molar refractivity (Wildman–Crippen MR) is 68.9 cm³/mol. The molecule has 0 unspecified atom stereocenters. The number of hydrogen-bond donors (Lipinski definition) is 1. The minimum Gasteiger partial charge on any atom is -0.332 e. The van der Waals surface area contributed by atoms with E-state index < -0.39 is 0 Å². The average molecular weight is 243 g/mol. The smallest absolute Gasteiger partial charge is 0.146 e. The second-order valence-corrected chi connectivity index (χ2v) is 4.79. The zero-order valence-corrected chi connectivity index (χ0v) is 10.7. The van der Waals surface area contributed by atoms with Crippen molar-refractivity contribution in [3.63, 3.8) is 0 Å². The highest BCUT2D eigenvalue weighted by atomic mass is 15.1. The molecule has 3 heterocycles. The summed E-state index contributed by atoms with van der Waals surface area (Å²) in [7, 11) is 1.98. The van der Waals surface area contributed by atoms with Crippen LogP contribution in [-0.4, -0.2) is 26.1 Å². The summed E-state index contributed by atoms with van der Waals surface area (Å²) in [5.41, 5.74) is 2.98. The van der Waals surface area contributed by atoms with Gasteiger partial charge >= 0.3 is 0 Å². The van der Waals surface area contributed by atoms with E-state index in [1.807, 2.05) is 30.8 Å². The van der Waals surface area contributed by atoms with Gasteiger partial charge in [0, 0.05) is 12.7 Å². The van der Waals surface area contributed by atoms with Crippen molar-refractivity contribution in [2.24, 2.45) is 7.05 Å². The van der Waals surface area contributed by atoms with Crippen LogP contribution in [0, 0.1) is 6.92 Å². The largest absolute Gasteiger partial charge is 0.332 e. The lowest BCUT2D eigenvalue weighted by atomic mass is 10.2. The van der Waals surface area contributed by atoms with Gasteiger partial charge in [0.25, 0.3) is 0 Å². The molecule has 1 fully saturated rings. The molecule has 2 aromatic heterocycles. The van der Waals surface area contributed by atoms with Gasteiger partial charge in [0.2, 0.25) is 0 Å². The highest BCUT2D eigenvalue weighted by Crippen LogP contribution is 2.23. The number of aryl methyl sites for hydroxylation is 2. The first-order chi connectivity index (χ1) is 8.74. The van der Waals surface area contributed by atoms with Crippen LogP contribution in [0.25, 0.3) is 11.4 Å². The Morgan fingerprint density at radius 2 is 2.28 bits per heavy atom. The number of nitrogens with zero attached hydrogens (tertiary/aromatic N) is 4. The Hall–Kier alpha value is -1.75. The van der Waals surface area contributed by atoms with Crippen molar-refractivity contribution in [1.29, 1.82) is 0 Å². The van der Waals surface area contributed by atoms with Crippen LogP contribution in [0.3, 0.4) is 0 Å². The average Bonchev–Trinajstić information content (AvgIpc) is 2.98. The third-order valence-corrected chi connectivity index (χ3v) is 3.32. The molecule has 2 aromatic rings. The lowest BCUT2D eigenvalue weighted by Crippen LogP contribution is -2.16. The summed E-state index contributed by atoms with van der Waals surface area (Å²) < 4.78 is 1.98. The third-order valence-electron chi connectivity index (χ3n) is 3.32. The Morgan fingerprint density at radius 1 is 1.39 bits per heavy atom.